The summed E-state index contributed by atoms with van der Waals surface area (Å²) in [4.78, 5) is 9.23. The lowest BCUT2D eigenvalue weighted by atomic mass is 10.1. The van der Waals surface area contributed by atoms with Crippen molar-refractivity contribution in [3.63, 3.8) is 0 Å². The monoisotopic (exact) mass is 505 g/mol. The molecule has 0 fully saturated rings. The molecular formula is C20H16IN3O3S. The molecule has 0 aliphatic heterocycles. The van der Waals surface area contributed by atoms with E-state index in [1.165, 1.54) is 3.97 Å². The van der Waals surface area contributed by atoms with Gasteiger partial charge in [-0.2, -0.15) is 0 Å². The SMILES string of the molecule is Cc1ccc(S(=O)(=O)n2cc(I)c3nc(-c4ccc(CO)cc4)cnc32)cc1. The fraction of sp³-hybridized carbons (Fsp3) is 0.100. The van der Waals surface area contributed by atoms with Gasteiger partial charge in [-0.1, -0.05) is 42.0 Å². The lowest BCUT2D eigenvalue weighted by Crippen LogP contribution is -2.12. The number of hydrogen-bond donors (Lipinski definition) is 1. The van der Waals surface area contributed by atoms with Crippen LogP contribution in [0.4, 0.5) is 0 Å². The molecule has 0 amide bonds. The van der Waals surface area contributed by atoms with Gasteiger partial charge >= 0.3 is 0 Å². The molecule has 4 aromatic rings. The fourth-order valence-corrected chi connectivity index (χ4v) is 5.00. The van der Waals surface area contributed by atoms with Gasteiger partial charge in [-0.05, 0) is 47.2 Å². The number of aliphatic hydroxyl groups excluding tert-OH is 1. The van der Waals surface area contributed by atoms with Gasteiger partial charge < -0.3 is 5.11 Å². The first kappa shape index (κ1) is 19.0. The summed E-state index contributed by atoms with van der Waals surface area (Å²) in [7, 11) is -3.77. The number of aromatic nitrogens is 3. The molecule has 0 atom stereocenters. The van der Waals surface area contributed by atoms with Crippen molar-refractivity contribution in [3.8, 4) is 11.3 Å². The second-order valence-corrected chi connectivity index (χ2v) is 9.35. The highest BCUT2D eigenvalue weighted by atomic mass is 127. The predicted octanol–water partition coefficient (Wildman–Crippen LogP) is 3.74. The maximum absolute atomic E-state index is 13.1. The van der Waals surface area contributed by atoms with Crippen molar-refractivity contribution >= 4 is 43.8 Å². The van der Waals surface area contributed by atoms with Gasteiger partial charge in [-0.3, -0.25) is 0 Å². The van der Waals surface area contributed by atoms with Crippen LogP contribution in [-0.4, -0.2) is 27.5 Å². The quantitative estimate of drug-likeness (QED) is 0.428. The number of aryl methyl sites for hydroxylation is 1. The Hall–Kier alpha value is -2.30. The van der Waals surface area contributed by atoms with Crippen LogP contribution in [0.1, 0.15) is 11.1 Å². The first-order valence-electron chi connectivity index (χ1n) is 8.46. The number of hydrogen-bond acceptors (Lipinski definition) is 5. The highest BCUT2D eigenvalue weighted by Crippen LogP contribution is 2.27. The highest BCUT2D eigenvalue weighted by Gasteiger charge is 2.22. The van der Waals surface area contributed by atoms with Gasteiger partial charge in [0.1, 0.15) is 5.52 Å². The Labute approximate surface area is 176 Å². The van der Waals surface area contributed by atoms with Crippen molar-refractivity contribution in [1.29, 1.82) is 0 Å². The normalized spacial score (nSPS) is 11.8. The Kier molecular flexibility index (Phi) is 4.94. The van der Waals surface area contributed by atoms with Gasteiger partial charge in [0.2, 0.25) is 0 Å². The third kappa shape index (κ3) is 3.31. The molecule has 2 aromatic carbocycles. The molecule has 2 aromatic heterocycles. The number of aliphatic hydroxyl groups is 1. The van der Waals surface area contributed by atoms with Crippen molar-refractivity contribution in [2.45, 2.75) is 18.4 Å². The minimum atomic E-state index is -3.77. The summed E-state index contributed by atoms with van der Waals surface area (Å²) < 4.78 is 28.0. The molecule has 0 radical (unpaired) electrons. The molecule has 0 unspecified atom stereocenters. The van der Waals surface area contributed by atoms with E-state index in [0.717, 1.165) is 16.7 Å². The van der Waals surface area contributed by atoms with Gasteiger partial charge in [-0.15, -0.1) is 0 Å². The first-order chi connectivity index (χ1) is 13.4. The number of rotatable bonds is 4. The molecule has 8 heteroatoms. The molecule has 0 spiro atoms. The second-order valence-electron chi connectivity index (χ2n) is 6.37. The predicted molar refractivity (Wildman–Crippen MR) is 115 cm³/mol. The zero-order valence-electron chi connectivity index (χ0n) is 14.9. The van der Waals surface area contributed by atoms with E-state index in [2.05, 4.69) is 32.6 Å². The summed E-state index contributed by atoms with van der Waals surface area (Å²) in [6.45, 7) is 1.88. The van der Waals surface area contributed by atoms with Crippen LogP contribution >= 0.6 is 22.6 Å². The van der Waals surface area contributed by atoms with Crippen molar-refractivity contribution in [1.82, 2.24) is 13.9 Å². The van der Waals surface area contributed by atoms with E-state index in [-0.39, 0.29) is 11.5 Å². The molecule has 0 aliphatic rings. The minimum absolute atomic E-state index is 0.0252. The Balaban J connectivity index is 1.82. The van der Waals surface area contributed by atoms with Crippen LogP contribution in [0.25, 0.3) is 22.4 Å². The van der Waals surface area contributed by atoms with E-state index in [4.69, 9.17) is 0 Å². The van der Waals surface area contributed by atoms with Crippen LogP contribution in [0.5, 0.6) is 0 Å². The van der Waals surface area contributed by atoms with Crippen molar-refractivity contribution in [2.75, 3.05) is 0 Å². The standard InChI is InChI=1S/C20H16IN3O3S/c1-13-2-8-16(9-3-13)28(26,27)24-11-17(21)19-20(24)22-10-18(23-19)15-6-4-14(12-25)5-7-15/h2-11,25H,12H2,1H3. The average Bonchev–Trinajstić information content (AvgIpc) is 3.05. The van der Waals surface area contributed by atoms with Crippen LogP contribution in [-0.2, 0) is 16.6 Å². The van der Waals surface area contributed by atoms with Crippen LogP contribution in [0.2, 0.25) is 0 Å². The van der Waals surface area contributed by atoms with E-state index < -0.39 is 10.0 Å². The Morgan fingerprint density at radius 3 is 2.39 bits per heavy atom. The molecule has 0 saturated heterocycles. The molecule has 2 heterocycles. The minimum Gasteiger partial charge on any atom is -0.392 e. The molecule has 6 nitrogen and oxygen atoms in total. The smallest absolute Gasteiger partial charge is 0.269 e. The summed E-state index contributed by atoms with van der Waals surface area (Å²) in [6.07, 6.45) is 3.10. The van der Waals surface area contributed by atoms with Crippen molar-refractivity contribution < 1.29 is 13.5 Å². The van der Waals surface area contributed by atoms with E-state index >= 15 is 0 Å². The lowest BCUT2D eigenvalue weighted by Gasteiger charge is -2.07. The van der Waals surface area contributed by atoms with Gasteiger partial charge in [-0.25, -0.2) is 22.4 Å². The molecule has 0 bridgehead atoms. The first-order valence-corrected chi connectivity index (χ1v) is 11.0. The molecule has 142 valence electrons. The number of fused-ring (bicyclic) bond motifs is 1. The Morgan fingerprint density at radius 2 is 1.75 bits per heavy atom. The van der Waals surface area contributed by atoms with E-state index in [1.54, 1.807) is 36.7 Å². The van der Waals surface area contributed by atoms with Crippen LogP contribution in [0.15, 0.2) is 65.8 Å². The molecule has 1 N–H and O–H groups in total. The van der Waals surface area contributed by atoms with Crippen LogP contribution in [0.3, 0.4) is 0 Å². The second kappa shape index (κ2) is 7.26. The average molecular weight is 505 g/mol. The van der Waals surface area contributed by atoms with Gasteiger partial charge in [0.25, 0.3) is 10.0 Å². The largest absolute Gasteiger partial charge is 0.392 e. The Morgan fingerprint density at radius 1 is 1.07 bits per heavy atom. The van der Waals surface area contributed by atoms with Crippen LogP contribution < -0.4 is 0 Å². The number of halogens is 1. The Bertz CT molecular complexity index is 1260. The molecule has 4 rings (SSSR count). The third-order valence-electron chi connectivity index (χ3n) is 4.43. The fourth-order valence-electron chi connectivity index (χ4n) is 2.86. The van der Waals surface area contributed by atoms with Crippen molar-refractivity contribution in [3.05, 3.63) is 75.6 Å². The van der Waals surface area contributed by atoms with Gasteiger partial charge in [0, 0.05) is 11.8 Å². The summed E-state index contributed by atoms with van der Waals surface area (Å²) in [5.74, 6) is 0. The number of benzene rings is 2. The van der Waals surface area contributed by atoms with Gasteiger partial charge in [0.15, 0.2) is 5.65 Å². The third-order valence-corrected chi connectivity index (χ3v) is 6.88. The summed E-state index contributed by atoms with van der Waals surface area (Å²) in [5.41, 5.74) is 4.10. The topological polar surface area (TPSA) is 85.1 Å². The summed E-state index contributed by atoms with van der Waals surface area (Å²) in [5, 5.41) is 9.18. The summed E-state index contributed by atoms with van der Waals surface area (Å²) >= 11 is 2.07. The van der Waals surface area contributed by atoms with E-state index in [0.29, 0.717) is 20.4 Å². The maximum Gasteiger partial charge on any atom is 0.269 e. The molecule has 28 heavy (non-hydrogen) atoms. The van der Waals surface area contributed by atoms with E-state index in [9.17, 15) is 13.5 Å². The highest BCUT2D eigenvalue weighted by molar-refractivity contribution is 14.1. The number of nitrogens with zero attached hydrogens (tertiary/aromatic N) is 3. The molecule has 0 saturated carbocycles. The zero-order chi connectivity index (χ0) is 19.9. The van der Waals surface area contributed by atoms with E-state index in [1.807, 2.05) is 31.2 Å². The zero-order valence-corrected chi connectivity index (χ0v) is 17.8. The van der Waals surface area contributed by atoms with Crippen molar-refractivity contribution in [2.24, 2.45) is 0 Å². The maximum atomic E-state index is 13.1. The summed E-state index contributed by atoms with van der Waals surface area (Å²) in [6, 6.07) is 14.1. The lowest BCUT2D eigenvalue weighted by molar-refractivity contribution is 0.282. The molecule has 0 aliphatic carbocycles. The van der Waals surface area contributed by atoms with Gasteiger partial charge in [0.05, 0.1) is 27.0 Å². The van der Waals surface area contributed by atoms with Crippen LogP contribution in [0, 0.1) is 10.5 Å². The molecular weight excluding hydrogens is 489 g/mol.